The summed E-state index contributed by atoms with van der Waals surface area (Å²) in [5.74, 6) is 1.95. The number of aryl methyl sites for hydroxylation is 1. The Morgan fingerprint density at radius 2 is 1.80 bits per heavy atom. The van der Waals surface area contributed by atoms with Gasteiger partial charge in [-0.05, 0) is 25.5 Å². The van der Waals surface area contributed by atoms with Crippen LogP contribution in [0.4, 0.5) is 0 Å². The van der Waals surface area contributed by atoms with E-state index in [4.69, 9.17) is 4.74 Å². The predicted octanol–water partition coefficient (Wildman–Crippen LogP) is 5.10. The zero-order valence-electron chi connectivity index (χ0n) is 12.3. The summed E-state index contributed by atoms with van der Waals surface area (Å²) in [6, 6.07) is 16.8. The monoisotopic (exact) mass is 264 g/mol. The molecule has 0 saturated carbocycles. The first-order chi connectivity index (χ1) is 9.62. The van der Waals surface area contributed by atoms with Crippen LogP contribution in [0, 0.1) is 6.92 Å². The Morgan fingerprint density at radius 1 is 1.05 bits per heavy atom. The lowest BCUT2D eigenvalue weighted by atomic mass is 9.77. The van der Waals surface area contributed by atoms with Crippen LogP contribution in [0.25, 0.3) is 5.76 Å². The van der Waals surface area contributed by atoms with E-state index in [2.05, 4.69) is 57.2 Å². The highest BCUT2D eigenvalue weighted by molar-refractivity contribution is 5.68. The molecule has 0 radical (unpaired) electrons. The van der Waals surface area contributed by atoms with Gasteiger partial charge in [0.25, 0.3) is 0 Å². The van der Waals surface area contributed by atoms with Gasteiger partial charge in [0.05, 0.1) is 0 Å². The largest absolute Gasteiger partial charge is 0.457 e. The fourth-order valence-electron chi connectivity index (χ4n) is 2.73. The Bertz CT molecular complexity index is 655. The zero-order valence-corrected chi connectivity index (χ0v) is 12.3. The first-order valence-electron chi connectivity index (χ1n) is 7.19. The molecule has 1 aliphatic rings. The van der Waals surface area contributed by atoms with Crippen molar-refractivity contribution in [3.63, 3.8) is 0 Å². The van der Waals surface area contributed by atoms with E-state index in [0.29, 0.717) is 0 Å². The molecule has 0 amide bonds. The minimum absolute atomic E-state index is 0.0325. The minimum Gasteiger partial charge on any atom is -0.457 e. The molecule has 1 nitrogen and oxygen atoms in total. The van der Waals surface area contributed by atoms with E-state index in [0.717, 1.165) is 23.5 Å². The molecule has 1 heterocycles. The van der Waals surface area contributed by atoms with Gasteiger partial charge in [0, 0.05) is 16.5 Å². The second-order valence-corrected chi connectivity index (χ2v) is 5.75. The summed E-state index contributed by atoms with van der Waals surface area (Å²) < 4.78 is 6.13. The van der Waals surface area contributed by atoms with Crippen LogP contribution < -0.4 is 4.74 Å². The highest BCUT2D eigenvalue weighted by Crippen LogP contribution is 2.43. The summed E-state index contributed by atoms with van der Waals surface area (Å²) in [6.45, 7) is 6.65. The van der Waals surface area contributed by atoms with Crippen LogP contribution in [0.5, 0.6) is 5.75 Å². The molecule has 1 unspecified atom stereocenters. The maximum absolute atomic E-state index is 6.13. The normalized spacial score (nSPS) is 20.9. The second-order valence-electron chi connectivity index (χ2n) is 5.75. The van der Waals surface area contributed by atoms with Crippen molar-refractivity contribution >= 4 is 5.76 Å². The molecule has 0 N–H and O–H groups in total. The highest BCUT2D eigenvalue weighted by Gasteiger charge is 2.31. The van der Waals surface area contributed by atoms with Crippen LogP contribution in [0.3, 0.4) is 0 Å². The molecule has 0 saturated heterocycles. The zero-order chi connectivity index (χ0) is 14.2. The third-order valence-corrected chi connectivity index (χ3v) is 4.21. The number of benzene rings is 2. The lowest BCUT2D eigenvalue weighted by molar-refractivity contribution is 0.441. The van der Waals surface area contributed by atoms with E-state index in [1.165, 1.54) is 11.1 Å². The number of allylic oxidation sites excluding steroid dienone is 1. The molecule has 3 rings (SSSR count). The maximum Gasteiger partial charge on any atom is 0.131 e. The Hall–Kier alpha value is -2.02. The van der Waals surface area contributed by atoms with Crippen molar-refractivity contribution in [3.05, 3.63) is 71.3 Å². The van der Waals surface area contributed by atoms with E-state index in [-0.39, 0.29) is 5.41 Å². The van der Waals surface area contributed by atoms with Gasteiger partial charge in [-0.15, -0.1) is 0 Å². The van der Waals surface area contributed by atoms with Crippen molar-refractivity contribution in [2.75, 3.05) is 0 Å². The minimum atomic E-state index is 0.0325. The van der Waals surface area contributed by atoms with Gasteiger partial charge < -0.3 is 4.74 Å². The van der Waals surface area contributed by atoms with Crippen LogP contribution >= 0.6 is 0 Å². The molecule has 20 heavy (non-hydrogen) atoms. The Kier molecular flexibility index (Phi) is 3.13. The first kappa shape index (κ1) is 13.0. The molecule has 2 aromatic carbocycles. The average molecular weight is 264 g/mol. The van der Waals surface area contributed by atoms with Crippen molar-refractivity contribution < 1.29 is 4.74 Å². The van der Waals surface area contributed by atoms with Crippen molar-refractivity contribution in [3.8, 4) is 5.75 Å². The predicted molar refractivity (Wildman–Crippen MR) is 83.9 cm³/mol. The van der Waals surface area contributed by atoms with Gasteiger partial charge in [0.15, 0.2) is 0 Å². The fourth-order valence-corrected chi connectivity index (χ4v) is 2.73. The van der Waals surface area contributed by atoms with Gasteiger partial charge in [-0.25, -0.2) is 0 Å². The fraction of sp³-hybridized carbons (Fsp3) is 0.263. The van der Waals surface area contributed by atoms with E-state index in [1.54, 1.807) is 0 Å². The Labute approximate surface area is 120 Å². The number of hydrogen-bond donors (Lipinski definition) is 0. The van der Waals surface area contributed by atoms with Gasteiger partial charge in [0.2, 0.25) is 0 Å². The van der Waals surface area contributed by atoms with E-state index >= 15 is 0 Å². The number of hydrogen-bond acceptors (Lipinski definition) is 1. The van der Waals surface area contributed by atoms with Gasteiger partial charge in [-0.3, -0.25) is 0 Å². The van der Waals surface area contributed by atoms with Crippen LogP contribution in [0.15, 0.2) is 54.6 Å². The summed E-state index contributed by atoms with van der Waals surface area (Å²) in [5, 5.41) is 0. The van der Waals surface area contributed by atoms with Crippen LogP contribution in [-0.4, -0.2) is 0 Å². The van der Waals surface area contributed by atoms with Crippen molar-refractivity contribution in [2.24, 2.45) is 0 Å². The van der Waals surface area contributed by atoms with Gasteiger partial charge in [-0.2, -0.15) is 0 Å². The average Bonchev–Trinajstić information content (AvgIpc) is 2.49. The van der Waals surface area contributed by atoms with Crippen LogP contribution in [0.1, 0.15) is 37.0 Å². The van der Waals surface area contributed by atoms with Crippen LogP contribution in [-0.2, 0) is 5.41 Å². The standard InChI is InChI=1S/C19H20O/c1-4-19(3)13-18(15-8-6-5-7-9-15)20-17-11-10-14(2)12-16(17)19/h5-13H,4H2,1-3H3. The first-order valence-corrected chi connectivity index (χ1v) is 7.19. The quantitative estimate of drug-likeness (QED) is 0.733. The molecule has 0 bridgehead atoms. The Balaban J connectivity index is 2.13. The molecule has 0 fully saturated rings. The number of rotatable bonds is 2. The molecule has 1 atom stereocenters. The van der Waals surface area contributed by atoms with Gasteiger partial charge >= 0.3 is 0 Å². The lowest BCUT2D eigenvalue weighted by Gasteiger charge is -2.33. The molecular weight excluding hydrogens is 244 g/mol. The summed E-state index contributed by atoms with van der Waals surface area (Å²) >= 11 is 0. The second kappa shape index (κ2) is 4.82. The third kappa shape index (κ3) is 2.14. The van der Waals surface area contributed by atoms with E-state index < -0.39 is 0 Å². The summed E-state index contributed by atoms with van der Waals surface area (Å²) in [4.78, 5) is 0. The highest BCUT2D eigenvalue weighted by atomic mass is 16.5. The SMILES string of the molecule is CCC1(C)C=C(c2ccccc2)Oc2ccc(C)cc21. The smallest absolute Gasteiger partial charge is 0.131 e. The number of ether oxygens (including phenoxy) is 1. The van der Waals surface area contributed by atoms with Gasteiger partial charge in [-0.1, -0.05) is 61.9 Å². The number of fused-ring (bicyclic) bond motifs is 1. The van der Waals surface area contributed by atoms with Crippen molar-refractivity contribution in [1.29, 1.82) is 0 Å². The maximum atomic E-state index is 6.13. The Morgan fingerprint density at radius 3 is 2.50 bits per heavy atom. The van der Waals surface area contributed by atoms with Crippen LogP contribution in [0.2, 0.25) is 0 Å². The molecule has 0 aromatic heterocycles. The van der Waals surface area contributed by atoms with E-state index in [9.17, 15) is 0 Å². The molecule has 0 spiro atoms. The molecular formula is C19H20O. The van der Waals surface area contributed by atoms with Gasteiger partial charge in [0.1, 0.15) is 11.5 Å². The molecule has 102 valence electrons. The molecule has 0 aliphatic carbocycles. The molecule has 1 heteroatoms. The molecule has 2 aromatic rings. The summed E-state index contributed by atoms with van der Waals surface area (Å²) in [6.07, 6.45) is 3.33. The lowest BCUT2D eigenvalue weighted by Crippen LogP contribution is -2.24. The topological polar surface area (TPSA) is 9.23 Å². The summed E-state index contributed by atoms with van der Waals surface area (Å²) in [5.41, 5.74) is 3.74. The van der Waals surface area contributed by atoms with Crippen molar-refractivity contribution in [2.45, 2.75) is 32.6 Å². The molecule has 1 aliphatic heterocycles. The van der Waals surface area contributed by atoms with Crippen molar-refractivity contribution in [1.82, 2.24) is 0 Å². The summed E-state index contributed by atoms with van der Waals surface area (Å²) in [7, 11) is 0. The van der Waals surface area contributed by atoms with E-state index in [1.807, 2.05) is 18.2 Å². The third-order valence-electron chi connectivity index (χ3n) is 4.21.